The maximum atomic E-state index is 3.77. The summed E-state index contributed by atoms with van der Waals surface area (Å²) in [7, 11) is 0. The molecule has 106 valence electrons. The first-order chi connectivity index (χ1) is 8.76. The molecule has 0 amide bonds. The normalized spacial score (nSPS) is 32.2. The minimum Gasteiger partial charge on any atom is -0.313 e. The van der Waals surface area contributed by atoms with E-state index in [1.54, 1.807) is 0 Å². The Labute approximate surface area is 114 Å². The fraction of sp³-hybridized carbons (Fsp3) is 1.00. The second kappa shape index (κ2) is 6.91. The van der Waals surface area contributed by atoms with Crippen molar-refractivity contribution in [2.24, 2.45) is 5.92 Å². The molecule has 1 aliphatic carbocycles. The maximum absolute atomic E-state index is 3.77. The molecule has 2 aliphatic rings. The summed E-state index contributed by atoms with van der Waals surface area (Å²) in [5.74, 6) is 0.940. The number of hydrogen-bond acceptors (Lipinski definition) is 2. The Morgan fingerprint density at radius 3 is 2.44 bits per heavy atom. The molecule has 0 spiro atoms. The Morgan fingerprint density at radius 1 is 1.11 bits per heavy atom. The zero-order valence-corrected chi connectivity index (χ0v) is 12.6. The first kappa shape index (κ1) is 14.3. The SMILES string of the molecule is CCNC(CN1C(C)CCC1CC)C1CCCC1. The van der Waals surface area contributed by atoms with Gasteiger partial charge in [0.2, 0.25) is 0 Å². The lowest BCUT2D eigenvalue weighted by Crippen LogP contribution is -2.48. The molecule has 0 radical (unpaired) electrons. The van der Waals surface area contributed by atoms with Gasteiger partial charge in [-0.2, -0.15) is 0 Å². The van der Waals surface area contributed by atoms with Gasteiger partial charge < -0.3 is 5.32 Å². The predicted molar refractivity (Wildman–Crippen MR) is 78.9 cm³/mol. The molecule has 1 N–H and O–H groups in total. The summed E-state index contributed by atoms with van der Waals surface area (Å²) in [4.78, 5) is 2.80. The lowest BCUT2D eigenvalue weighted by Gasteiger charge is -2.34. The van der Waals surface area contributed by atoms with Crippen LogP contribution in [0.2, 0.25) is 0 Å². The number of nitrogens with zero attached hydrogens (tertiary/aromatic N) is 1. The Kier molecular flexibility index (Phi) is 5.50. The van der Waals surface area contributed by atoms with Gasteiger partial charge in [-0.3, -0.25) is 4.90 Å². The van der Waals surface area contributed by atoms with Gasteiger partial charge in [0.1, 0.15) is 0 Å². The number of hydrogen-bond donors (Lipinski definition) is 1. The van der Waals surface area contributed by atoms with Crippen molar-refractivity contribution in [3.63, 3.8) is 0 Å². The fourth-order valence-corrected chi connectivity index (χ4v) is 4.12. The summed E-state index contributed by atoms with van der Waals surface area (Å²) in [6.07, 6.45) is 9.98. The molecule has 1 saturated heterocycles. The van der Waals surface area contributed by atoms with Gasteiger partial charge in [0.05, 0.1) is 0 Å². The Bertz CT molecular complexity index is 235. The second-order valence-electron chi connectivity index (χ2n) is 6.39. The third kappa shape index (κ3) is 3.27. The van der Waals surface area contributed by atoms with Crippen LogP contribution in [-0.2, 0) is 0 Å². The van der Waals surface area contributed by atoms with Crippen molar-refractivity contribution < 1.29 is 0 Å². The van der Waals surface area contributed by atoms with E-state index >= 15 is 0 Å². The summed E-state index contributed by atoms with van der Waals surface area (Å²) >= 11 is 0. The Morgan fingerprint density at radius 2 is 1.83 bits per heavy atom. The highest BCUT2D eigenvalue weighted by Crippen LogP contribution is 2.31. The molecule has 2 nitrogen and oxygen atoms in total. The van der Waals surface area contributed by atoms with Gasteiger partial charge in [-0.05, 0) is 51.5 Å². The van der Waals surface area contributed by atoms with Crippen LogP contribution in [0, 0.1) is 5.92 Å². The lowest BCUT2D eigenvalue weighted by atomic mass is 9.97. The zero-order chi connectivity index (χ0) is 13.0. The van der Waals surface area contributed by atoms with Gasteiger partial charge in [-0.15, -0.1) is 0 Å². The van der Waals surface area contributed by atoms with Crippen molar-refractivity contribution in [3.8, 4) is 0 Å². The van der Waals surface area contributed by atoms with Gasteiger partial charge in [0.25, 0.3) is 0 Å². The molecular weight excluding hydrogens is 220 g/mol. The summed E-state index contributed by atoms with van der Waals surface area (Å²) in [5, 5.41) is 3.77. The fourth-order valence-electron chi connectivity index (χ4n) is 4.12. The average molecular weight is 252 g/mol. The summed E-state index contributed by atoms with van der Waals surface area (Å²) in [6, 6.07) is 2.40. The summed E-state index contributed by atoms with van der Waals surface area (Å²) < 4.78 is 0. The molecule has 1 heterocycles. The molecule has 2 heteroatoms. The van der Waals surface area contributed by atoms with Crippen molar-refractivity contribution in [3.05, 3.63) is 0 Å². The molecular formula is C16H32N2. The smallest absolute Gasteiger partial charge is 0.0223 e. The van der Waals surface area contributed by atoms with Crippen molar-refractivity contribution in [2.45, 2.75) is 83.8 Å². The van der Waals surface area contributed by atoms with Crippen LogP contribution in [0.25, 0.3) is 0 Å². The topological polar surface area (TPSA) is 15.3 Å². The van der Waals surface area contributed by atoms with Gasteiger partial charge in [0.15, 0.2) is 0 Å². The first-order valence-electron chi connectivity index (χ1n) is 8.25. The van der Waals surface area contributed by atoms with Crippen LogP contribution in [0.4, 0.5) is 0 Å². The molecule has 0 aromatic carbocycles. The van der Waals surface area contributed by atoms with E-state index in [1.165, 1.54) is 51.5 Å². The van der Waals surface area contributed by atoms with Crippen LogP contribution in [0.15, 0.2) is 0 Å². The van der Waals surface area contributed by atoms with Crippen LogP contribution in [0.1, 0.15) is 65.7 Å². The highest BCUT2D eigenvalue weighted by molar-refractivity contribution is 4.90. The van der Waals surface area contributed by atoms with Gasteiger partial charge >= 0.3 is 0 Å². The highest BCUT2D eigenvalue weighted by Gasteiger charge is 2.33. The van der Waals surface area contributed by atoms with Crippen molar-refractivity contribution in [1.82, 2.24) is 10.2 Å². The summed E-state index contributed by atoms with van der Waals surface area (Å²) in [5.41, 5.74) is 0. The minimum atomic E-state index is 0.743. The van der Waals surface area contributed by atoms with E-state index in [4.69, 9.17) is 0 Å². The first-order valence-corrected chi connectivity index (χ1v) is 8.25. The number of likely N-dealkylation sites (tertiary alicyclic amines) is 1. The van der Waals surface area contributed by atoms with E-state index in [0.29, 0.717) is 0 Å². The number of nitrogens with one attached hydrogen (secondary N) is 1. The Balaban J connectivity index is 1.94. The molecule has 0 aromatic heterocycles. The third-order valence-electron chi connectivity index (χ3n) is 5.27. The van der Waals surface area contributed by atoms with Gasteiger partial charge in [-0.25, -0.2) is 0 Å². The predicted octanol–water partition coefficient (Wildman–Crippen LogP) is 3.42. The molecule has 1 aliphatic heterocycles. The van der Waals surface area contributed by atoms with Crippen LogP contribution in [-0.4, -0.2) is 36.1 Å². The monoisotopic (exact) mass is 252 g/mol. The molecule has 1 saturated carbocycles. The molecule has 2 fully saturated rings. The molecule has 2 rings (SSSR count). The van der Waals surface area contributed by atoms with E-state index in [0.717, 1.165) is 30.6 Å². The molecule has 0 aromatic rings. The molecule has 18 heavy (non-hydrogen) atoms. The van der Waals surface area contributed by atoms with E-state index in [2.05, 4.69) is 31.0 Å². The van der Waals surface area contributed by atoms with Crippen LogP contribution in [0.5, 0.6) is 0 Å². The van der Waals surface area contributed by atoms with Crippen molar-refractivity contribution >= 4 is 0 Å². The average Bonchev–Trinajstić information content (AvgIpc) is 2.99. The second-order valence-corrected chi connectivity index (χ2v) is 6.39. The van der Waals surface area contributed by atoms with Crippen LogP contribution in [0.3, 0.4) is 0 Å². The number of likely N-dealkylation sites (N-methyl/N-ethyl adjacent to an activating group) is 1. The van der Waals surface area contributed by atoms with Gasteiger partial charge in [-0.1, -0.05) is 26.7 Å². The number of rotatable bonds is 6. The maximum Gasteiger partial charge on any atom is 0.0223 e. The van der Waals surface area contributed by atoms with Gasteiger partial charge in [0, 0.05) is 24.7 Å². The minimum absolute atomic E-state index is 0.743. The lowest BCUT2D eigenvalue weighted by molar-refractivity contribution is 0.156. The van der Waals surface area contributed by atoms with E-state index in [1.807, 2.05) is 0 Å². The standard InChI is InChI=1S/C16H32N2/c1-4-15-11-10-13(3)18(15)12-16(17-5-2)14-8-6-7-9-14/h13-17H,4-12H2,1-3H3. The van der Waals surface area contributed by atoms with E-state index in [9.17, 15) is 0 Å². The largest absolute Gasteiger partial charge is 0.313 e. The molecule has 3 unspecified atom stereocenters. The third-order valence-corrected chi connectivity index (χ3v) is 5.27. The molecule has 0 bridgehead atoms. The quantitative estimate of drug-likeness (QED) is 0.779. The Hall–Kier alpha value is -0.0800. The molecule has 3 atom stereocenters. The highest BCUT2D eigenvalue weighted by atomic mass is 15.2. The van der Waals surface area contributed by atoms with Crippen molar-refractivity contribution in [1.29, 1.82) is 0 Å². The van der Waals surface area contributed by atoms with E-state index < -0.39 is 0 Å². The van der Waals surface area contributed by atoms with Crippen LogP contribution < -0.4 is 5.32 Å². The zero-order valence-electron chi connectivity index (χ0n) is 12.6. The van der Waals surface area contributed by atoms with Crippen LogP contribution >= 0.6 is 0 Å². The summed E-state index contributed by atoms with van der Waals surface area (Å²) in [6.45, 7) is 9.45. The van der Waals surface area contributed by atoms with E-state index in [-0.39, 0.29) is 0 Å². The van der Waals surface area contributed by atoms with Crippen molar-refractivity contribution in [2.75, 3.05) is 13.1 Å².